The average molecular weight is 492 g/mol. The number of benzene rings is 2. The Hall–Kier alpha value is -4.78. The molecule has 176 valence electrons. The molecule has 1 fully saturated rings. The SMILES string of the molecule is O=C(Cn1ncn(-c2ccccc2)c1=O)N/N=C\c1ccc(OC(=O)/C=C2\SC(=O)NC2=O)cc1. The third kappa shape index (κ3) is 5.97. The predicted molar refractivity (Wildman–Crippen MR) is 125 cm³/mol. The fourth-order valence-electron chi connectivity index (χ4n) is 2.86. The van der Waals surface area contributed by atoms with Gasteiger partial charge >= 0.3 is 11.7 Å². The minimum atomic E-state index is -0.809. The standard InChI is InChI=1S/C22H16N6O6S/c29-18(12-28-22(33)27(13-24-28)15-4-2-1-3-5-15)26-23-11-14-6-8-16(9-7-14)34-19(30)10-17-20(31)25-21(32)35-17/h1-11,13H,12H2,(H,26,29)(H,25,31,32)/b17-10-,23-11-. The summed E-state index contributed by atoms with van der Waals surface area (Å²) in [4.78, 5) is 58.9. The molecule has 4 rings (SSSR count). The van der Waals surface area contributed by atoms with Crippen molar-refractivity contribution in [1.29, 1.82) is 0 Å². The number of nitrogens with one attached hydrogen (secondary N) is 2. The number of amides is 3. The Morgan fingerprint density at radius 1 is 1.09 bits per heavy atom. The van der Waals surface area contributed by atoms with Crippen LogP contribution in [0.4, 0.5) is 4.79 Å². The van der Waals surface area contributed by atoms with Gasteiger partial charge < -0.3 is 4.74 Å². The molecule has 12 nitrogen and oxygen atoms in total. The third-order valence-corrected chi connectivity index (χ3v) is 5.26. The maximum Gasteiger partial charge on any atom is 0.350 e. The predicted octanol–water partition coefficient (Wildman–Crippen LogP) is 0.957. The van der Waals surface area contributed by atoms with Crippen LogP contribution in [-0.4, -0.2) is 43.6 Å². The highest BCUT2D eigenvalue weighted by Gasteiger charge is 2.26. The Bertz CT molecular complexity index is 1410. The first-order valence-corrected chi connectivity index (χ1v) is 10.8. The highest BCUT2D eigenvalue weighted by atomic mass is 32.2. The van der Waals surface area contributed by atoms with E-state index in [1.165, 1.54) is 29.2 Å². The fourth-order valence-corrected chi connectivity index (χ4v) is 3.50. The summed E-state index contributed by atoms with van der Waals surface area (Å²) < 4.78 is 7.43. The number of hydrogen-bond acceptors (Lipinski definition) is 9. The van der Waals surface area contributed by atoms with Crippen LogP contribution >= 0.6 is 11.8 Å². The van der Waals surface area contributed by atoms with Gasteiger partial charge in [-0.3, -0.25) is 19.7 Å². The van der Waals surface area contributed by atoms with Gasteiger partial charge in [-0.2, -0.15) is 10.2 Å². The van der Waals surface area contributed by atoms with Crippen LogP contribution in [0.25, 0.3) is 5.69 Å². The number of para-hydroxylation sites is 1. The molecule has 0 saturated carbocycles. The van der Waals surface area contributed by atoms with E-state index in [0.717, 1.165) is 10.8 Å². The van der Waals surface area contributed by atoms with Crippen molar-refractivity contribution in [2.45, 2.75) is 6.54 Å². The van der Waals surface area contributed by atoms with Gasteiger partial charge in [0.2, 0.25) is 0 Å². The molecule has 1 saturated heterocycles. The van der Waals surface area contributed by atoms with Crippen LogP contribution in [0.15, 0.2) is 81.8 Å². The van der Waals surface area contributed by atoms with E-state index < -0.39 is 28.7 Å². The molecule has 0 bridgehead atoms. The second-order valence-corrected chi connectivity index (χ2v) is 7.93. The normalized spacial score (nSPS) is 14.3. The quantitative estimate of drug-likeness (QED) is 0.163. The first-order valence-electron chi connectivity index (χ1n) is 9.97. The molecule has 0 unspecified atom stereocenters. The molecule has 2 heterocycles. The lowest BCUT2D eigenvalue weighted by molar-refractivity contribution is -0.129. The molecule has 1 aliphatic rings. The lowest BCUT2D eigenvalue weighted by Crippen LogP contribution is -2.31. The molecule has 0 spiro atoms. The van der Waals surface area contributed by atoms with Crippen molar-refractivity contribution in [1.82, 2.24) is 25.1 Å². The van der Waals surface area contributed by atoms with E-state index in [9.17, 15) is 24.0 Å². The maximum atomic E-state index is 12.4. The van der Waals surface area contributed by atoms with Gasteiger partial charge in [-0.05, 0) is 53.7 Å². The summed E-state index contributed by atoms with van der Waals surface area (Å²) in [6.07, 6.45) is 3.63. The monoisotopic (exact) mass is 492 g/mol. The van der Waals surface area contributed by atoms with Crippen LogP contribution < -0.4 is 21.2 Å². The number of rotatable bonds is 7. The van der Waals surface area contributed by atoms with Gasteiger partial charge in [-0.25, -0.2) is 24.3 Å². The molecule has 35 heavy (non-hydrogen) atoms. The number of nitrogens with zero attached hydrogens (tertiary/aromatic N) is 4. The topological polar surface area (TPSA) is 154 Å². The second kappa shape index (κ2) is 10.4. The van der Waals surface area contributed by atoms with Crippen molar-refractivity contribution in [3.05, 3.63) is 88.0 Å². The highest BCUT2D eigenvalue weighted by molar-refractivity contribution is 8.18. The number of ether oxygens (including phenoxy) is 1. The molecule has 3 amide bonds. The van der Waals surface area contributed by atoms with Crippen LogP contribution in [0.3, 0.4) is 0 Å². The number of carbonyl (C=O) groups excluding carboxylic acids is 4. The Morgan fingerprint density at radius 2 is 1.83 bits per heavy atom. The lowest BCUT2D eigenvalue weighted by atomic mass is 10.2. The van der Waals surface area contributed by atoms with Gasteiger partial charge in [0.15, 0.2) is 0 Å². The smallest absolute Gasteiger partial charge is 0.350 e. The summed E-state index contributed by atoms with van der Waals surface area (Å²) in [5, 5.41) is 9.26. The Morgan fingerprint density at radius 3 is 2.51 bits per heavy atom. The zero-order chi connectivity index (χ0) is 24.8. The van der Waals surface area contributed by atoms with E-state index in [0.29, 0.717) is 23.0 Å². The number of hydrogen-bond donors (Lipinski definition) is 2. The van der Waals surface area contributed by atoms with E-state index >= 15 is 0 Å². The van der Waals surface area contributed by atoms with E-state index in [2.05, 4.69) is 15.6 Å². The van der Waals surface area contributed by atoms with Crippen molar-refractivity contribution in [2.75, 3.05) is 0 Å². The van der Waals surface area contributed by atoms with Crippen molar-refractivity contribution >= 4 is 41.0 Å². The van der Waals surface area contributed by atoms with Crippen LogP contribution in [-0.2, 0) is 20.9 Å². The largest absolute Gasteiger partial charge is 0.423 e. The summed E-state index contributed by atoms with van der Waals surface area (Å²) in [5.41, 5.74) is 3.07. The van der Waals surface area contributed by atoms with Crippen LogP contribution in [0.5, 0.6) is 5.75 Å². The van der Waals surface area contributed by atoms with E-state index in [1.54, 1.807) is 36.4 Å². The molecule has 2 N–H and O–H groups in total. The number of thioether (sulfide) groups is 1. The summed E-state index contributed by atoms with van der Waals surface area (Å²) >= 11 is 0.612. The van der Waals surface area contributed by atoms with Crippen molar-refractivity contribution in [2.24, 2.45) is 5.10 Å². The number of esters is 1. The van der Waals surface area contributed by atoms with Gasteiger partial charge in [0.25, 0.3) is 17.1 Å². The van der Waals surface area contributed by atoms with Gasteiger partial charge in [-0.15, -0.1) is 0 Å². The Kier molecular flexibility index (Phi) is 6.97. The molecule has 0 atom stereocenters. The average Bonchev–Trinajstić information content (AvgIpc) is 3.35. The van der Waals surface area contributed by atoms with Crippen LogP contribution in [0.2, 0.25) is 0 Å². The lowest BCUT2D eigenvalue weighted by Gasteiger charge is -2.02. The molecule has 0 aliphatic carbocycles. The van der Waals surface area contributed by atoms with Gasteiger partial charge in [0.1, 0.15) is 18.6 Å². The molecule has 2 aromatic carbocycles. The zero-order valence-corrected chi connectivity index (χ0v) is 18.6. The minimum absolute atomic E-state index is 0.0476. The number of carbonyl (C=O) groups is 4. The number of aromatic nitrogens is 3. The van der Waals surface area contributed by atoms with Crippen LogP contribution in [0.1, 0.15) is 5.56 Å². The first kappa shape index (κ1) is 23.4. The third-order valence-electron chi connectivity index (χ3n) is 4.45. The highest BCUT2D eigenvalue weighted by Crippen LogP contribution is 2.23. The molecule has 1 aromatic heterocycles. The van der Waals surface area contributed by atoms with Gasteiger partial charge in [-0.1, -0.05) is 18.2 Å². The van der Waals surface area contributed by atoms with Gasteiger partial charge in [0, 0.05) is 6.08 Å². The van der Waals surface area contributed by atoms with Crippen LogP contribution in [0, 0.1) is 0 Å². The molecular weight excluding hydrogens is 476 g/mol. The first-order chi connectivity index (χ1) is 16.9. The molecular formula is C22H16N6O6S. The molecule has 13 heteroatoms. The Balaban J connectivity index is 1.29. The Labute approximate surface area is 201 Å². The van der Waals surface area contributed by atoms with Crippen molar-refractivity contribution in [3.63, 3.8) is 0 Å². The number of hydrazone groups is 1. The maximum absolute atomic E-state index is 12.4. The van der Waals surface area contributed by atoms with E-state index in [-0.39, 0.29) is 17.2 Å². The zero-order valence-electron chi connectivity index (χ0n) is 17.8. The summed E-state index contributed by atoms with van der Waals surface area (Å²) in [5.74, 6) is -1.81. The molecule has 0 radical (unpaired) electrons. The molecule has 3 aromatic rings. The molecule has 1 aliphatic heterocycles. The number of imide groups is 1. The summed E-state index contributed by atoms with van der Waals surface area (Å²) in [6.45, 7) is -0.317. The minimum Gasteiger partial charge on any atom is -0.423 e. The summed E-state index contributed by atoms with van der Waals surface area (Å²) in [6, 6.07) is 15.0. The second-order valence-electron chi connectivity index (χ2n) is 6.91. The van der Waals surface area contributed by atoms with E-state index in [1.807, 2.05) is 11.4 Å². The van der Waals surface area contributed by atoms with Gasteiger partial charge in [0.05, 0.1) is 16.8 Å². The van der Waals surface area contributed by atoms with Crippen molar-refractivity contribution < 1.29 is 23.9 Å². The van der Waals surface area contributed by atoms with E-state index in [4.69, 9.17) is 4.74 Å². The fraction of sp³-hybridized carbons (Fsp3) is 0.0455. The summed E-state index contributed by atoms with van der Waals surface area (Å²) in [7, 11) is 0. The van der Waals surface area contributed by atoms with Crippen molar-refractivity contribution in [3.8, 4) is 11.4 Å².